The monoisotopic (exact) mass is 418 g/mol. The molecule has 3 rings (SSSR count). The van der Waals surface area contributed by atoms with E-state index in [2.05, 4.69) is 13.5 Å². The van der Waals surface area contributed by atoms with Crippen LogP contribution in [0.2, 0.25) is 0 Å². The van der Waals surface area contributed by atoms with Crippen molar-refractivity contribution in [2.75, 3.05) is 0 Å². The van der Waals surface area contributed by atoms with E-state index in [0.717, 1.165) is 43.3 Å². The highest BCUT2D eigenvalue weighted by Crippen LogP contribution is 2.44. The predicted molar refractivity (Wildman–Crippen MR) is 117 cm³/mol. The van der Waals surface area contributed by atoms with Gasteiger partial charge in [-0.05, 0) is 49.2 Å². The van der Waals surface area contributed by atoms with Gasteiger partial charge in [-0.15, -0.1) is 0 Å². The van der Waals surface area contributed by atoms with Crippen molar-refractivity contribution >= 4 is 5.97 Å². The zero-order valence-electron chi connectivity index (χ0n) is 18.9. The number of carbonyl (C=O) groups excluding carboxylic acids is 1. The second-order valence-electron chi connectivity index (χ2n) is 9.60. The first-order valence-electron chi connectivity index (χ1n) is 11.5. The van der Waals surface area contributed by atoms with Crippen LogP contribution < -0.4 is 0 Å². The van der Waals surface area contributed by atoms with Crippen molar-refractivity contribution in [2.24, 2.45) is 17.8 Å². The van der Waals surface area contributed by atoms with Gasteiger partial charge in [-0.2, -0.15) is 0 Å². The summed E-state index contributed by atoms with van der Waals surface area (Å²) in [6.45, 7) is 12.0. The first-order valence-corrected chi connectivity index (χ1v) is 11.5. The Labute approximate surface area is 180 Å². The maximum atomic E-state index is 12.6. The Hall–Kier alpha value is -1.59. The lowest BCUT2D eigenvalue weighted by Crippen LogP contribution is -2.36. The lowest BCUT2D eigenvalue weighted by atomic mass is 9.70. The average Bonchev–Trinajstić information content (AvgIpc) is 2.67. The van der Waals surface area contributed by atoms with E-state index < -0.39 is 12.2 Å². The molecule has 3 aliphatic rings. The van der Waals surface area contributed by atoms with Gasteiger partial charge < -0.3 is 19.7 Å². The van der Waals surface area contributed by atoms with E-state index in [0.29, 0.717) is 24.5 Å². The van der Waals surface area contributed by atoms with Gasteiger partial charge in [0.05, 0.1) is 23.9 Å². The molecule has 30 heavy (non-hydrogen) atoms. The molecule has 2 aliphatic carbocycles. The van der Waals surface area contributed by atoms with Crippen molar-refractivity contribution in [3.05, 3.63) is 35.1 Å². The topological polar surface area (TPSA) is 76.0 Å². The van der Waals surface area contributed by atoms with Crippen LogP contribution in [0, 0.1) is 17.8 Å². The van der Waals surface area contributed by atoms with Crippen LogP contribution in [0.5, 0.6) is 0 Å². The number of fused-ring (bicyclic) bond motifs is 1. The van der Waals surface area contributed by atoms with Crippen molar-refractivity contribution in [1.82, 2.24) is 0 Å². The summed E-state index contributed by atoms with van der Waals surface area (Å²) in [4.78, 5) is 12.6. The first-order chi connectivity index (χ1) is 14.2. The van der Waals surface area contributed by atoms with Crippen LogP contribution in [-0.2, 0) is 14.3 Å². The molecule has 0 spiro atoms. The molecule has 0 aromatic carbocycles. The lowest BCUT2D eigenvalue weighted by Gasteiger charge is -2.40. The predicted octanol–water partition coefficient (Wildman–Crippen LogP) is 4.44. The molecular weight excluding hydrogens is 380 g/mol. The summed E-state index contributed by atoms with van der Waals surface area (Å²) in [5.74, 6) is 0.751. The van der Waals surface area contributed by atoms with E-state index in [-0.39, 0.29) is 30.0 Å². The fourth-order valence-electron chi connectivity index (χ4n) is 5.00. The molecule has 168 valence electrons. The van der Waals surface area contributed by atoms with Crippen LogP contribution >= 0.6 is 0 Å². The molecule has 1 saturated carbocycles. The van der Waals surface area contributed by atoms with Crippen LogP contribution in [0.1, 0.15) is 72.6 Å². The molecule has 1 saturated heterocycles. The summed E-state index contributed by atoms with van der Waals surface area (Å²) in [6.07, 6.45) is 5.79. The van der Waals surface area contributed by atoms with Gasteiger partial charge >= 0.3 is 5.97 Å². The fourth-order valence-corrected chi connectivity index (χ4v) is 5.00. The molecule has 1 heterocycles. The number of aliphatic hydroxyl groups excluding tert-OH is 2. The van der Waals surface area contributed by atoms with Gasteiger partial charge in [0.15, 0.2) is 0 Å². The third kappa shape index (κ3) is 5.17. The standard InChI is InChI=1S/C25H38O5/c1-6-15(3)25(28)30-23-10-14(2)9-18-12-22(27)17(5)21(24(18)23)8-7-20-13-19(26)11-16(4)29-20/h12,14-15,17,19-20,22-23,26-27H,4,6-11,13H2,1-3,5H3/t14-,15-,17+,19-,20?,22?,23-/m0/s1. The number of ether oxygens (including phenoxy) is 2. The van der Waals surface area contributed by atoms with Gasteiger partial charge in [0.1, 0.15) is 12.2 Å². The van der Waals surface area contributed by atoms with Gasteiger partial charge in [-0.3, -0.25) is 4.79 Å². The van der Waals surface area contributed by atoms with Gasteiger partial charge in [-0.25, -0.2) is 0 Å². The minimum Gasteiger partial charge on any atom is -0.495 e. The Bertz CT molecular complexity index is 721. The maximum Gasteiger partial charge on any atom is 0.309 e. The van der Waals surface area contributed by atoms with E-state index in [1.807, 2.05) is 26.8 Å². The number of carbonyl (C=O) groups is 1. The summed E-state index contributed by atoms with van der Waals surface area (Å²) >= 11 is 0. The van der Waals surface area contributed by atoms with Gasteiger partial charge in [-0.1, -0.05) is 45.9 Å². The van der Waals surface area contributed by atoms with Gasteiger partial charge in [0.25, 0.3) is 0 Å². The van der Waals surface area contributed by atoms with E-state index in [9.17, 15) is 15.0 Å². The van der Waals surface area contributed by atoms with Crippen molar-refractivity contribution in [3.8, 4) is 0 Å². The smallest absolute Gasteiger partial charge is 0.309 e. The fraction of sp³-hybridized carbons (Fsp3) is 0.720. The second-order valence-corrected chi connectivity index (χ2v) is 9.60. The molecule has 0 aromatic heterocycles. The van der Waals surface area contributed by atoms with E-state index >= 15 is 0 Å². The van der Waals surface area contributed by atoms with E-state index in [1.165, 1.54) is 5.57 Å². The summed E-state index contributed by atoms with van der Waals surface area (Å²) < 4.78 is 11.9. The average molecular weight is 419 g/mol. The summed E-state index contributed by atoms with van der Waals surface area (Å²) in [6, 6.07) is 0. The van der Waals surface area contributed by atoms with Crippen LogP contribution in [0.4, 0.5) is 0 Å². The van der Waals surface area contributed by atoms with Crippen LogP contribution in [0.25, 0.3) is 0 Å². The Balaban J connectivity index is 1.85. The largest absolute Gasteiger partial charge is 0.495 e. The zero-order valence-corrected chi connectivity index (χ0v) is 18.9. The summed E-state index contributed by atoms with van der Waals surface area (Å²) in [7, 11) is 0. The molecule has 0 bridgehead atoms. The number of hydrogen-bond acceptors (Lipinski definition) is 5. The third-order valence-corrected chi connectivity index (χ3v) is 6.97. The highest BCUT2D eigenvalue weighted by Gasteiger charge is 2.38. The van der Waals surface area contributed by atoms with Gasteiger partial charge in [0.2, 0.25) is 0 Å². The normalized spacial score (nSPS) is 35.3. The molecule has 7 atom stereocenters. The van der Waals surface area contributed by atoms with Crippen molar-refractivity contribution in [2.45, 2.75) is 97.1 Å². The number of rotatable bonds is 6. The quantitative estimate of drug-likeness (QED) is 0.624. The number of aliphatic hydroxyl groups is 2. The van der Waals surface area contributed by atoms with Gasteiger partial charge in [0, 0.05) is 18.8 Å². The van der Waals surface area contributed by atoms with Crippen molar-refractivity contribution < 1.29 is 24.5 Å². The first kappa shape index (κ1) is 23.1. The minimum absolute atomic E-state index is 0.0290. The Morgan fingerprint density at radius 2 is 2.03 bits per heavy atom. The van der Waals surface area contributed by atoms with E-state index in [1.54, 1.807) is 0 Å². The van der Waals surface area contributed by atoms with Crippen LogP contribution in [-0.4, -0.2) is 40.6 Å². The number of esters is 1. The molecule has 0 amide bonds. The molecular formula is C25H38O5. The Kier molecular flexibility index (Phi) is 7.46. The maximum absolute atomic E-state index is 12.6. The highest BCUT2D eigenvalue weighted by molar-refractivity contribution is 5.72. The number of hydrogen-bond donors (Lipinski definition) is 2. The van der Waals surface area contributed by atoms with Crippen molar-refractivity contribution in [3.63, 3.8) is 0 Å². The molecule has 5 heteroatoms. The second kappa shape index (κ2) is 9.69. The van der Waals surface area contributed by atoms with E-state index in [4.69, 9.17) is 9.47 Å². The SMILES string of the molecule is C=C1C[C@H](O)CC(CCC2=C3C(=CC(O)[C@@H]2C)C[C@H](C)C[C@@H]3OC(=O)[C@@H](C)CC)O1. The third-order valence-electron chi connectivity index (χ3n) is 6.97. The summed E-state index contributed by atoms with van der Waals surface area (Å²) in [5.41, 5.74) is 3.42. The minimum atomic E-state index is -0.525. The molecule has 2 fully saturated rings. The molecule has 0 aromatic rings. The summed E-state index contributed by atoms with van der Waals surface area (Å²) in [5, 5.41) is 20.7. The molecule has 2 N–H and O–H groups in total. The van der Waals surface area contributed by atoms with Crippen LogP contribution in [0.3, 0.4) is 0 Å². The van der Waals surface area contributed by atoms with Crippen LogP contribution in [0.15, 0.2) is 35.1 Å². The van der Waals surface area contributed by atoms with Crippen molar-refractivity contribution in [1.29, 1.82) is 0 Å². The highest BCUT2D eigenvalue weighted by atomic mass is 16.5. The molecule has 5 nitrogen and oxygen atoms in total. The molecule has 2 unspecified atom stereocenters. The zero-order chi connectivity index (χ0) is 22.0. The Morgan fingerprint density at radius 3 is 2.70 bits per heavy atom. The lowest BCUT2D eigenvalue weighted by molar-refractivity contribution is -0.152. The molecule has 1 aliphatic heterocycles. The molecule has 0 radical (unpaired) electrons. The Morgan fingerprint density at radius 1 is 1.30 bits per heavy atom.